The van der Waals surface area contributed by atoms with Crippen LogP contribution < -0.4 is 19.9 Å². The van der Waals surface area contributed by atoms with Gasteiger partial charge in [0.1, 0.15) is 11.8 Å². The Labute approximate surface area is 257 Å². The Morgan fingerprint density at radius 2 is 1.67 bits per heavy atom. The lowest BCUT2D eigenvalue weighted by atomic mass is 10.1. The van der Waals surface area contributed by atoms with Crippen molar-refractivity contribution in [2.45, 2.75) is 25.8 Å². The number of carbonyl (C=O) groups is 2. The number of carbonyl (C=O) groups excluding carboxylic acids is 2. The molecule has 2 heterocycles. The van der Waals surface area contributed by atoms with Gasteiger partial charge in [0, 0.05) is 49.1 Å². The number of hydrogen-bond donors (Lipinski definition) is 1. The van der Waals surface area contributed by atoms with Gasteiger partial charge in [0.05, 0.1) is 18.7 Å². The maximum absolute atomic E-state index is 13.7. The molecule has 2 fully saturated rings. The van der Waals surface area contributed by atoms with E-state index in [1.54, 1.807) is 30.3 Å². The van der Waals surface area contributed by atoms with E-state index in [0.29, 0.717) is 34.7 Å². The van der Waals surface area contributed by atoms with E-state index in [0.717, 1.165) is 44.9 Å². The lowest BCUT2D eigenvalue weighted by Gasteiger charge is -2.36. The number of benzene rings is 3. The molecule has 3 aromatic rings. The molecule has 10 heteroatoms. The third-order valence-corrected chi connectivity index (χ3v) is 8.23. The van der Waals surface area contributed by atoms with Crippen molar-refractivity contribution < 1.29 is 14.3 Å². The Morgan fingerprint density at radius 3 is 2.36 bits per heavy atom. The predicted molar refractivity (Wildman–Crippen MR) is 173 cm³/mol. The summed E-state index contributed by atoms with van der Waals surface area (Å²) in [6.07, 6.45) is 0.804. The predicted octanol–water partition coefficient (Wildman–Crippen LogP) is 5.28. The van der Waals surface area contributed by atoms with Gasteiger partial charge in [0.25, 0.3) is 5.91 Å². The summed E-state index contributed by atoms with van der Waals surface area (Å²) in [5.41, 5.74) is 2.50. The molecule has 0 bridgehead atoms. The molecule has 1 unspecified atom stereocenters. The monoisotopic (exact) mass is 605 g/mol. The molecular weight excluding hydrogens is 570 g/mol. The maximum atomic E-state index is 13.7. The van der Waals surface area contributed by atoms with Crippen molar-refractivity contribution in [3.8, 4) is 5.75 Å². The first-order valence-electron chi connectivity index (χ1n) is 14.4. The SMILES string of the molecule is CCOc1ccc(NC(=O)CC2C(=O)N(c3cccc(Cl)c3)C(=S)N2CCCN2CCN(c3ccccc3)CC2)cc1. The van der Waals surface area contributed by atoms with Crippen LogP contribution >= 0.6 is 23.8 Å². The highest BCUT2D eigenvalue weighted by atomic mass is 35.5. The quantitative estimate of drug-likeness (QED) is 0.298. The van der Waals surface area contributed by atoms with Crippen molar-refractivity contribution >= 4 is 57.8 Å². The summed E-state index contributed by atoms with van der Waals surface area (Å²) < 4.78 is 5.48. The minimum Gasteiger partial charge on any atom is -0.494 e. The van der Waals surface area contributed by atoms with Crippen LogP contribution in [0.1, 0.15) is 19.8 Å². The molecule has 2 aliphatic heterocycles. The zero-order valence-corrected chi connectivity index (χ0v) is 25.3. The summed E-state index contributed by atoms with van der Waals surface area (Å²) in [6, 6.07) is 24.1. The number of amides is 2. The average Bonchev–Trinajstić information content (AvgIpc) is 3.23. The smallest absolute Gasteiger partial charge is 0.256 e. The maximum Gasteiger partial charge on any atom is 0.256 e. The highest BCUT2D eigenvalue weighted by Crippen LogP contribution is 2.29. The molecule has 0 saturated carbocycles. The topological polar surface area (TPSA) is 68.4 Å². The molecule has 0 aromatic heterocycles. The van der Waals surface area contributed by atoms with Crippen LogP contribution in [0.15, 0.2) is 78.9 Å². The molecule has 2 amide bonds. The van der Waals surface area contributed by atoms with Gasteiger partial charge in [-0.15, -0.1) is 0 Å². The molecule has 0 spiro atoms. The van der Waals surface area contributed by atoms with Crippen molar-refractivity contribution in [2.75, 3.05) is 61.0 Å². The van der Waals surface area contributed by atoms with Gasteiger partial charge >= 0.3 is 0 Å². The number of hydrogen-bond acceptors (Lipinski definition) is 6. The van der Waals surface area contributed by atoms with E-state index in [2.05, 4.69) is 39.4 Å². The molecule has 1 atom stereocenters. The zero-order chi connectivity index (χ0) is 29.5. The van der Waals surface area contributed by atoms with Crippen LogP contribution in [0.3, 0.4) is 0 Å². The van der Waals surface area contributed by atoms with Gasteiger partial charge in [-0.3, -0.25) is 19.4 Å². The van der Waals surface area contributed by atoms with Gasteiger partial charge in [-0.1, -0.05) is 35.9 Å². The lowest BCUT2D eigenvalue weighted by molar-refractivity contribution is -0.124. The number of anilines is 3. The summed E-state index contributed by atoms with van der Waals surface area (Å²) in [5.74, 6) is 0.257. The van der Waals surface area contributed by atoms with Crippen LogP contribution in [0.4, 0.5) is 17.1 Å². The standard InChI is InChI=1S/C32H36ClN5O3S/c1-2-41-28-14-12-25(13-15-28)34-30(39)23-29-31(40)38(27-11-6-8-24(33)22-27)32(42)37(29)17-7-16-35-18-20-36(21-19-35)26-9-4-3-5-10-26/h3-6,8-15,22,29H,2,7,16-21,23H2,1H3,(H,34,39). The molecule has 2 saturated heterocycles. The fourth-order valence-corrected chi connectivity index (χ4v) is 6.06. The molecule has 3 aromatic carbocycles. The minimum atomic E-state index is -0.700. The number of rotatable bonds is 11. The number of ether oxygens (including phenoxy) is 1. The van der Waals surface area contributed by atoms with Gasteiger partial charge in [-0.05, 0) is 86.7 Å². The van der Waals surface area contributed by atoms with Crippen LogP contribution in [-0.4, -0.2) is 78.6 Å². The zero-order valence-electron chi connectivity index (χ0n) is 23.7. The summed E-state index contributed by atoms with van der Waals surface area (Å²) in [4.78, 5) is 35.1. The minimum absolute atomic E-state index is 0.0149. The first kappa shape index (κ1) is 29.8. The third kappa shape index (κ3) is 7.21. The summed E-state index contributed by atoms with van der Waals surface area (Å²) >= 11 is 12.1. The van der Waals surface area contributed by atoms with E-state index in [1.165, 1.54) is 10.6 Å². The molecular formula is C32H36ClN5O3S. The number of nitrogens with one attached hydrogen (secondary N) is 1. The van der Waals surface area contributed by atoms with Gasteiger partial charge in [-0.2, -0.15) is 0 Å². The van der Waals surface area contributed by atoms with Gasteiger partial charge in [-0.25, -0.2) is 0 Å². The second-order valence-corrected chi connectivity index (χ2v) is 11.2. The first-order valence-corrected chi connectivity index (χ1v) is 15.2. The second-order valence-electron chi connectivity index (χ2n) is 10.4. The van der Waals surface area contributed by atoms with E-state index in [4.69, 9.17) is 28.6 Å². The number of piperazine rings is 1. The fourth-order valence-electron chi connectivity index (χ4n) is 5.46. The largest absolute Gasteiger partial charge is 0.494 e. The summed E-state index contributed by atoms with van der Waals surface area (Å²) in [7, 11) is 0. The van der Waals surface area contributed by atoms with Crippen molar-refractivity contribution in [3.05, 3.63) is 83.9 Å². The van der Waals surface area contributed by atoms with Crippen LogP contribution in [0.2, 0.25) is 5.02 Å². The summed E-state index contributed by atoms with van der Waals surface area (Å²) in [5, 5.41) is 3.83. The Bertz CT molecular complexity index is 1380. The molecule has 42 heavy (non-hydrogen) atoms. The molecule has 5 rings (SSSR count). The molecule has 2 aliphatic rings. The molecule has 0 radical (unpaired) electrons. The number of para-hydroxylation sites is 1. The van der Waals surface area contributed by atoms with Crippen LogP contribution in [-0.2, 0) is 9.59 Å². The highest BCUT2D eigenvalue weighted by Gasteiger charge is 2.44. The van der Waals surface area contributed by atoms with Crippen molar-refractivity contribution in [1.82, 2.24) is 9.80 Å². The average molecular weight is 606 g/mol. The van der Waals surface area contributed by atoms with E-state index in [1.807, 2.05) is 36.1 Å². The Hall–Kier alpha value is -3.66. The normalized spacial score (nSPS) is 17.6. The van der Waals surface area contributed by atoms with E-state index in [-0.39, 0.29) is 18.2 Å². The molecule has 1 N–H and O–H groups in total. The number of halogens is 1. The van der Waals surface area contributed by atoms with Crippen molar-refractivity contribution in [1.29, 1.82) is 0 Å². The van der Waals surface area contributed by atoms with E-state index < -0.39 is 6.04 Å². The Morgan fingerprint density at radius 1 is 0.952 bits per heavy atom. The van der Waals surface area contributed by atoms with E-state index >= 15 is 0 Å². The van der Waals surface area contributed by atoms with Crippen molar-refractivity contribution in [2.24, 2.45) is 0 Å². The molecule has 220 valence electrons. The second kappa shape index (κ2) is 14.0. The Balaban J connectivity index is 1.22. The third-order valence-electron chi connectivity index (χ3n) is 7.58. The summed E-state index contributed by atoms with van der Waals surface area (Å²) in [6.45, 7) is 7.84. The lowest BCUT2D eigenvalue weighted by Crippen LogP contribution is -2.47. The number of thiocarbonyl (C=S) groups is 1. The Kier molecular flexibility index (Phi) is 9.94. The number of nitrogens with zero attached hydrogens (tertiary/aromatic N) is 4. The molecule has 8 nitrogen and oxygen atoms in total. The van der Waals surface area contributed by atoms with Crippen LogP contribution in [0.5, 0.6) is 5.75 Å². The van der Waals surface area contributed by atoms with Crippen LogP contribution in [0.25, 0.3) is 0 Å². The van der Waals surface area contributed by atoms with Crippen molar-refractivity contribution in [3.63, 3.8) is 0 Å². The van der Waals surface area contributed by atoms with Gasteiger partial charge < -0.3 is 19.9 Å². The fraction of sp³-hybridized carbons (Fsp3) is 0.344. The van der Waals surface area contributed by atoms with E-state index in [9.17, 15) is 9.59 Å². The first-order chi connectivity index (χ1) is 20.4. The highest BCUT2D eigenvalue weighted by molar-refractivity contribution is 7.80. The van der Waals surface area contributed by atoms with Crippen LogP contribution in [0, 0.1) is 0 Å². The van der Waals surface area contributed by atoms with Gasteiger partial charge in [0.15, 0.2) is 5.11 Å². The van der Waals surface area contributed by atoms with Gasteiger partial charge in [0.2, 0.25) is 5.91 Å². The molecule has 0 aliphatic carbocycles.